The van der Waals surface area contributed by atoms with Crippen LogP contribution in [0.25, 0.3) is 10.8 Å². The molecule has 54 heavy (non-hydrogen) atoms. The quantitative estimate of drug-likeness (QED) is 0.286. The Morgan fingerprint density at radius 1 is 1.06 bits per heavy atom. The predicted molar refractivity (Wildman–Crippen MR) is 201 cm³/mol. The van der Waals surface area contributed by atoms with Gasteiger partial charge in [0.15, 0.2) is 0 Å². The Morgan fingerprint density at radius 2 is 1.76 bits per heavy atom. The minimum absolute atomic E-state index is 0.0267. The number of nitrogens with zero attached hydrogens (tertiary/aromatic N) is 3. The van der Waals surface area contributed by atoms with Crippen molar-refractivity contribution >= 4 is 50.3 Å². The van der Waals surface area contributed by atoms with Crippen LogP contribution in [0.4, 0.5) is 10.5 Å². The zero-order valence-electron chi connectivity index (χ0n) is 31.8. The third-order valence-electron chi connectivity index (χ3n) is 10.2. The first-order valence-electron chi connectivity index (χ1n) is 18.5. The van der Waals surface area contributed by atoms with E-state index in [1.807, 2.05) is 24.3 Å². The Balaban J connectivity index is 1.29. The van der Waals surface area contributed by atoms with Crippen LogP contribution >= 0.6 is 0 Å². The molecule has 15 nitrogen and oxygen atoms in total. The molecule has 2 saturated heterocycles. The number of rotatable bonds is 11. The fourth-order valence-electron chi connectivity index (χ4n) is 7.13. The summed E-state index contributed by atoms with van der Waals surface area (Å²) < 4.78 is 45.2. The molecule has 4 aliphatic rings. The average Bonchev–Trinajstić information content (AvgIpc) is 4.03. The Labute approximate surface area is 316 Å². The van der Waals surface area contributed by atoms with Crippen molar-refractivity contribution in [2.75, 3.05) is 37.7 Å². The van der Waals surface area contributed by atoms with Crippen LogP contribution in [0.2, 0.25) is 0 Å². The fourth-order valence-corrected chi connectivity index (χ4v) is 8.49. The van der Waals surface area contributed by atoms with E-state index >= 15 is 0 Å². The molecule has 0 bridgehead atoms. The number of amides is 4. The Hall–Kier alpha value is -4.44. The lowest BCUT2D eigenvalue weighted by Crippen LogP contribution is -2.60. The zero-order valence-corrected chi connectivity index (χ0v) is 32.7. The number of alkyl carbamates (subject to hydrolysis) is 1. The van der Waals surface area contributed by atoms with E-state index in [-0.39, 0.29) is 19.4 Å². The van der Waals surface area contributed by atoms with E-state index in [2.05, 4.69) is 31.8 Å². The number of sulfonamides is 1. The van der Waals surface area contributed by atoms with Gasteiger partial charge in [0, 0.05) is 48.1 Å². The molecule has 3 heterocycles. The monoisotopic (exact) mass is 768 g/mol. The van der Waals surface area contributed by atoms with Crippen LogP contribution in [0.3, 0.4) is 0 Å². The van der Waals surface area contributed by atoms with Gasteiger partial charge in [0.2, 0.25) is 27.7 Å². The largest absolute Gasteiger partial charge is 0.472 e. The molecule has 6 rings (SSSR count). The van der Waals surface area contributed by atoms with Crippen molar-refractivity contribution in [1.82, 2.24) is 25.2 Å². The van der Waals surface area contributed by atoms with E-state index in [1.54, 1.807) is 47.7 Å². The Kier molecular flexibility index (Phi) is 10.7. The molecule has 0 unspecified atom stereocenters. The lowest BCUT2D eigenvalue weighted by atomic mass is 9.85. The molecular formula is C38H52N6O9S. The van der Waals surface area contributed by atoms with Crippen LogP contribution in [0.15, 0.2) is 43.1 Å². The summed E-state index contributed by atoms with van der Waals surface area (Å²) in [4.78, 5) is 63.6. The number of likely N-dealkylation sites (tertiary alicyclic amines) is 1. The maximum Gasteiger partial charge on any atom is 0.408 e. The lowest BCUT2D eigenvalue weighted by Gasteiger charge is -2.36. The van der Waals surface area contributed by atoms with Gasteiger partial charge in [-0.2, -0.15) is 0 Å². The molecule has 1 aromatic heterocycles. The number of ether oxygens (including phenoxy) is 3. The number of hydrogen-bond donors (Lipinski definition) is 3. The number of benzene rings is 1. The van der Waals surface area contributed by atoms with Crippen molar-refractivity contribution in [3.8, 4) is 5.88 Å². The maximum atomic E-state index is 14.6. The van der Waals surface area contributed by atoms with Crippen molar-refractivity contribution in [1.29, 1.82) is 0 Å². The highest BCUT2D eigenvalue weighted by molar-refractivity contribution is 7.91. The van der Waals surface area contributed by atoms with Gasteiger partial charge in [-0.3, -0.25) is 19.1 Å². The fraction of sp³-hybridized carbons (Fsp3) is 0.605. The first-order valence-corrected chi connectivity index (χ1v) is 20.1. The summed E-state index contributed by atoms with van der Waals surface area (Å²) in [6.45, 7) is 16.9. The SMILES string of the molecule is C=C[C@@H]1C[C@]1(NC(=O)[C@@H]1C[C@@H](Oc2nccc3c(N4CCOCC4)cccc23)CN1C(=O)[C@@H](NC(=O)OC(C)(C)C)C(C)(C)C)C(=O)NS(=O)(=O)C1CC1. The van der Waals surface area contributed by atoms with Crippen molar-refractivity contribution in [3.63, 3.8) is 0 Å². The number of hydrogen-bond acceptors (Lipinski definition) is 11. The summed E-state index contributed by atoms with van der Waals surface area (Å²) in [6.07, 6.45) is 2.74. The van der Waals surface area contributed by atoms with E-state index in [0.29, 0.717) is 31.9 Å². The number of carbonyl (C=O) groups excluding carboxylic acids is 4. The first kappa shape index (κ1) is 39.3. The van der Waals surface area contributed by atoms with Crippen molar-refractivity contribution in [2.45, 2.75) is 102 Å². The summed E-state index contributed by atoms with van der Waals surface area (Å²) in [6, 6.07) is 5.53. The molecular weight excluding hydrogens is 717 g/mol. The molecule has 2 saturated carbocycles. The highest BCUT2D eigenvalue weighted by Gasteiger charge is 2.62. The number of fused-ring (bicyclic) bond motifs is 1. The number of anilines is 1. The molecule has 2 aliphatic heterocycles. The van der Waals surface area contributed by atoms with Gasteiger partial charge in [0.05, 0.1) is 25.0 Å². The average molecular weight is 769 g/mol. The third kappa shape index (κ3) is 8.43. The predicted octanol–water partition coefficient (Wildman–Crippen LogP) is 3.03. The highest BCUT2D eigenvalue weighted by Crippen LogP contribution is 2.45. The van der Waals surface area contributed by atoms with Gasteiger partial charge in [-0.25, -0.2) is 18.2 Å². The smallest absolute Gasteiger partial charge is 0.408 e. The van der Waals surface area contributed by atoms with E-state index in [1.165, 1.54) is 11.0 Å². The summed E-state index contributed by atoms with van der Waals surface area (Å²) in [5, 5.41) is 6.56. The molecule has 16 heteroatoms. The first-order chi connectivity index (χ1) is 25.3. The topological polar surface area (TPSA) is 186 Å². The van der Waals surface area contributed by atoms with Gasteiger partial charge in [0.25, 0.3) is 5.91 Å². The molecule has 4 amide bonds. The second kappa shape index (κ2) is 14.7. The summed E-state index contributed by atoms with van der Waals surface area (Å²) in [7, 11) is -3.90. The lowest BCUT2D eigenvalue weighted by molar-refractivity contribution is -0.143. The molecule has 1 aromatic carbocycles. The number of nitrogens with one attached hydrogen (secondary N) is 3. The molecule has 0 spiro atoms. The van der Waals surface area contributed by atoms with Gasteiger partial charge >= 0.3 is 6.09 Å². The van der Waals surface area contributed by atoms with Gasteiger partial charge in [-0.05, 0) is 63.6 Å². The van der Waals surface area contributed by atoms with Gasteiger partial charge in [-0.1, -0.05) is 32.9 Å². The van der Waals surface area contributed by atoms with Crippen LogP contribution in [-0.4, -0.2) is 110 Å². The number of carbonyl (C=O) groups is 4. The van der Waals surface area contributed by atoms with Crippen LogP contribution in [0.1, 0.15) is 67.2 Å². The van der Waals surface area contributed by atoms with E-state index in [0.717, 1.165) is 29.5 Å². The van der Waals surface area contributed by atoms with Crippen molar-refractivity contribution in [2.24, 2.45) is 11.3 Å². The van der Waals surface area contributed by atoms with Gasteiger partial charge in [0.1, 0.15) is 29.3 Å². The van der Waals surface area contributed by atoms with E-state index in [4.69, 9.17) is 14.2 Å². The summed E-state index contributed by atoms with van der Waals surface area (Å²) >= 11 is 0. The van der Waals surface area contributed by atoms with E-state index < -0.39 is 79.7 Å². The Bertz CT molecular complexity index is 1920. The number of morpholine rings is 1. The standard InChI is InChI=1S/C38H52N6O9S/c1-8-23-21-38(23,34(47)42-54(49,50)25-12-13-25)41-31(45)29-20-24(22-44(29)33(46)30(36(2,3)4)40-35(48)53-37(5,6)7)52-32-27-10-9-11-28(26(27)14-15-39-32)43-16-18-51-19-17-43/h8-11,14-15,23-25,29-30H,1,12-13,16-22H2,2-7H3,(H,40,48)(H,41,45)(H,42,47)/t23-,24-,29+,30-,38-/m1/s1. The zero-order chi connectivity index (χ0) is 39.2. The van der Waals surface area contributed by atoms with Crippen LogP contribution < -0.4 is 25.0 Å². The molecule has 4 fully saturated rings. The van der Waals surface area contributed by atoms with Gasteiger partial charge < -0.3 is 34.6 Å². The maximum absolute atomic E-state index is 14.6. The molecule has 2 aliphatic carbocycles. The minimum atomic E-state index is -3.90. The Morgan fingerprint density at radius 3 is 2.37 bits per heavy atom. The molecule has 5 atom stereocenters. The van der Waals surface area contributed by atoms with E-state index in [9.17, 15) is 27.6 Å². The second-order valence-corrected chi connectivity index (χ2v) is 18.7. The molecule has 294 valence electrons. The van der Waals surface area contributed by atoms with Crippen LogP contribution in [0, 0.1) is 11.3 Å². The number of aromatic nitrogens is 1. The van der Waals surface area contributed by atoms with Gasteiger partial charge in [-0.15, -0.1) is 6.58 Å². The minimum Gasteiger partial charge on any atom is -0.472 e. The molecule has 2 aromatic rings. The molecule has 3 N–H and O–H groups in total. The van der Waals surface area contributed by atoms with Crippen molar-refractivity contribution in [3.05, 3.63) is 43.1 Å². The summed E-state index contributed by atoms with van der Waals surface area (Å²) in [5.41, 5.74) is -2.19. The normalized spacial score (nSPS) is 25.0. The molecule has 0 radical (unpaired) electrons. The van der Waals surface area contributed by atoms with Crippen LogP contribution in [0.5, 0.6) is 5.88 Å². The number of pyridine rings is 1. The summed E-state index contributed by atoms with van der Waals surface area (Å²) in [5.74, 6) is -2.25. The second-order valence-electron chi connectivity index (χ2n) is 16.7. The highest BCUT2D eigenvalue weighted by atomic mass is 32.2. The van der Waals surface area contributed by atoms with Crippen LogP contribution in [-0.2, 0) is 33.9 Å². The van der Waals surface area contributed by atoms with Crippen molar-refractivity contribution < 1.29 is 41.8 Å². The third-order valence-corrected chi connectivity index (χ3v) is 12.1.